The maximum absolute atomic E-state index is 14.0. The Balaban J connectivity index is 2.09. The Hall–Kier alpha value is -3.55. The zero-order chi connectivity index (χ0) is 32.6. The maximum atomic E-state index is 14.0. The third kappa shape index (κ3) is 4.53. The molecule has 6 nitrogen and oxygen atoms in total. The van der Waals surface area contributed by atoms with Crippen LogP contribution in [0.3, 0.4) is 0 Å². The summed E-state index contributed by atoms with van der Waals surface area (Å²) in [6, 6.07) is -6.71. The largest absolute Gasteiger partial charge is 0.491 e. The lowest BCUT2D eigenvalue weighted by Gasteiger charge is -2.19. The topological polar surface area (TPSA) is 64.6 Å². The smallest absolute Gasteiger partial charge is 0.394 e. The maximum Gasteiger partial charge on any atom is 0.394 e. The number of halogens is 2. The Labute approximate surface area is 190 Å². The van der Waals surface area contributed by atoms with E-state index in [-0.39, 0.29) is 11.8 Å². The van der Waals surface area contributed by atoms with Gasteiger partial charge >= 0.3 is 6.11 Å². The average Bonchev–Trinajstić information content (AvgIpc) is 2.95. The summed E-state index contributed by atoms with van der Waals surface area (Å²) in [5, 5.41) is 0. The van der Waals surface area contributed by atoms with Gasteiger partial charge in [-0.25, -0.2) is 9.97 Å². The van der Waals surface area contributed by atoms with Crippen LogP contribution in [0.25, 0.3) is 11.1 Å². The van der Waals surface area contributed by atoms with E-state index in [4.69, 9.17) is 22.6 Å². The molecule has 1 aliphatic rings. The van der Waals surface area contributed by atoms with Gasteiger partial charge in [-0.05, 0) is 41.4 Å². The Morgan fingerprint density at radius 1 is 1.23 bits per heavy atom. The molecule has 2 aromatic carbocycles. The summed E-state index contributed by atoms with van der Waals surface area (Å²) in [7, 11) is 0. The highest BCUT2D eigenvalue weighted by Crippen LogP contribution is 2.31. The van der Waals surface area contributed by atoms with Crippen molar-refractivity contribution < 1.29 is 40.9 Å². The second kappa shape index (κ2) is 8.06. The van der Waals surface area contributed by atoms with Gasteiger partial charge in [0.15, 0.2) is 0 Å². The van der Waals surface area contributed by atoms with Crippen molar-refractivity contribution in [2.24, 2.45) is 0 Å². The zero-order valence-electron chi connectivity index (χ0n) is 28.1. The molecule has 2 heterocycles. The van der Waals surface area contributed by atoms with Crippen LogP contribution in [0.4, 0.5) is 8.78 Å². The lowest BCUT2D eigenvalue weighted by atomic mass is 10.0. The third-order valence-electron chi connectivity index (χ3n) is 3.42. The molecule has 0 spiro atoms. The van der Waals surface area contributed by atoms with Gasteiger partial charge in [0, 0.05) is 19.3 Å². The number of amides is 1. The molecular weight excluding hydrogens is 392 g/mol. The predicted octanol–water partition coefficient (Wildman–Crippen LogP) is 4.17. The van der Waals surface area contributed by atoms with Gasteiger partial charge in [0.25, 0.3) is 5.91 Å². The number of aromatic nitrogens is 2. The molecule has 0 saturated carbocycles. The van der Waals surface area contributed by atoms with E-state index >= 15 is 0 Å². The fraction of sp³-hybridized carbons (Fsp3) is 0.227. The number of carbonyl (C=O) groups is 1. The minimum absolute atomic E-state index is 0.276. The number of carbonyl (C=O) groups excluding carboxylic acids is 1. The number of nitrogens with zero attached hydrogens (tertiary/aromatic N) is 3. The van der Waals surface area contributed by atoms with Crippen LogP contribution < -0.4 is 9.47 Å². The lowest BCUT2D eigenvalue weighted by molar-refractivity contribution is -0.158. The predicted molar refractivity (Wildman–Crippen MR) is 105 cm³/mol. The van der Waals surface area contributed by atoms with Crippen molar-refractivity contribution in [1.29, 1.82) is 0 Å². The average molecular weight is 424 g/mol. The highest BCUT2D eigenvalue weighted by Gasteiger charge is 2.25. The Kier molecular flexibility index (Phi) is 2.55. The van der Waals surface area contributed by atoms with Crippen molar-refractivity contribution in [1.82, 2.24) is 14.9 Å². The molecule has 0 unspecified atom stereocenters. The summed E-state index contributed by atoms with van der Waals surface area (Å²) < 4.78 is 145. The molecule has 8 heteroatoms. The molecule has 1 aromatic heterocycles. The Bertz CT molecular complexity index is 1620. The Morgan fingerprint density at radius 2 is 1.93 bits per heavy atom. The number of alkyl halides is 2. The first-order valence-corrected chi connectivity index (χ1v) is 8.20. The molecule has 1 aliphatic heterocycles. The number of fused-ring (bicyclic) bond motifs is 1. The first-order chi connectivity index (χ1) is 19.6. The molecule has 0 atom stereocenters. The van der Waals surface area contributed by atoms with Gasteiger partial charge in [0.1, 0.15) is 23.9 Å². The second-order valence-corrected chi connectivity index (χ2v) is 5.71. The number of rotatable bonds is 5. The molecule has 0 aliphatic carbocycles. The molecule has 30 heavy (non-hydrogen) atoms. The van der Waals surface area contributed by atoms with E-state index in [1.165, 1.54) is 6.07 Å². The molecule has 154 valence electrons. The molecule has 0 fully saturated rings. The van der Waals surface area contributed by atoms with Crippen molar-refractivity contribution in [3.8, 4) is 22.6 Å². The lowest BCUT2D eigenvalue weighted by Crippen LogP contribution is -2.32. The summed E-state index contributed by atoms with van der Waals surface area (Å²) >= 11 is 0. The van der Waals surface area contributed by atoms with Gasteiger partial charge in [0.05, 0.1) is 36.4 Å². The number of hydrogen-bond donors (Lipinski definition) is 0. The van der Waals surface area contributed by atoms with Gasteiger partial charge in [-0.3, -0.25) is 4.79 Å². The minimum atomic E-state index is -3.93. The van der Waals surface area contributed by atoms with Gasteiger partial charge in [-0.1, -0.05) is 18.1 Å². The first-order valence-electron chi connectivity index (χ1n) is 14.7. The molecule has 0 bridgehead atoms. The van der Waals surface area contributed by atoms with E-state index in [2.05, 4.69) is 14.7 Å². The van der Waals surface area contributed by atoms with Crippen LogP contribution in [-0.4, -0.2) is 39.9 Å². The summed E-state index contributed by atoms with van der Waals surface area (Å²) in [5.74, 6) is -4.90. The van der Waals surface area contributed by atoms with Crippen molar-refractivity contribution in [2.45, 2.75) is 19.5 Å². The standard InChI is InChI=1S/C22H19F2N3O3/c1-22(23,24)30-17-6-3-15(4-7-17)16-5-8-19-18(13-16)21(28)27(11-12-29-19)14-20-25-9-2-10-26-20/h2-10,13H,11-12,14H2,1H3/i3D,4D,5D,6D,7D,8D,11D2,12D2,13D,14D2. The number of benzene rings is 2. The normalized spacial score (nSPS) is 24.0. The first kappa shape index (κ1) is 9.51. The second-order valence-electron chi connectivity index (χ2n) is 5.71. The van der Waals surface area contributed by atoms with Crippen molar-refractivity contribution >= 4 is 5.91 Å². The minimum Gasteiger partial charge on any atom is -0.491 e. The number of ether oxygens (including phenoxy) is 2. The molecule has 0 saturated heterocycles. The molecule has 3 aromatic rings. The fourth-order valence-corrected chi connectivity index (χ4v) is 2.22. The van der Waals surface area contributed by atoms with E-state index in [1.807, 2.05) is 0 Å². The van der Waals surface area contributed by atoms with Crippen molar-refractivity contribution in [3.05, 3.63) is 72.1 Å². The van der Waals surface area contributed by atoms with Crippen molar-refractivity contribution in [2.75, 3.05) is 13.1 Å². The third-order valence-corrected chi connectivity index (χ3v) is 3.42. The summed E-state index contributed by atoms with van der Waals surface area (Å²) in [6.07, 6.45) is -1.81. The number of hydrogen-bond acceptors (Lipinski definition) is 5. The summed E-state index contributed by atoms with van der Waals surface area (Å²) in [5.41, 5.74) is -3.01. The van der Waals surface area contributed by atoms with Crippen LogP contribution in [0.1, 0.15) is 40.9 Å². The zero-order valence-corrected chi connectivity index (χ0v) is 15.1. The molecule has 0 radical (unpaired) electrons. The van der Waals surface area contributed by atoms with Crippen molar-refractivity contribution in [3.63, 3.8) is 0 Å². The monoisotopic (exact) mass is 424 g/mol. The Morgan fingerprint density at radius 3 is 2.63 bits per heavy atom. The van der Waals surface area contributed by atoms with Gasteiger partial charge < -0.3 is 14.4 Å². The van der Waals surface area contributed by atoms with Crippen LogP contribution in [0.15, 0.2) is 60.8 Å². The SMILES string of the molecule is [2H]c1c([2H])c(-c2c([2H])c([2H])c3c(c2[2H])C(=O)N(C([2H])([2H])c2ncccn2)C([2H])([2H])C([2H])([2H])O3)c([2H])c([2H])c1OC(C)(F)F. The van der Waals surface area contributed by atoms with Crippen LogP contribution in [0.5, 0.6) is 11.5 Å². The van der Waals surface area contributed by atoms with Crippen LogP contribution in [0.2, 0.25) is 0 Å². The summed E-state index contributed by atoms with van der Waals surface area (Å²) in [4.78, 5) is 21.0. The van der Waals surface area contributed by atoms with Gasteiger partial charge in [0.2, 0.25) is 0 Å². The highest BCUT2D eigenvalue weighted by atomic mass is 19.3. The van der Waals surface area contributed by atoms with E-state index in [1.54, 1.807) is 0 Å². The van der Waals surface area contributed by atoms with E-state index < -0.39 is 108 Å². The molecule has 0 N–H and O–H groups in total. The quantitative estimate of drug-likeness (QED) is 0.615. The van der Waals surface area contributed by atoms with Crippen LogP contribution in [0, 0.1) is 0 Å². The van der Waals surface area contributed by atoms with E-state index in [0.29, 0.717) is 0 Å². The molecule has 1 amide bonds. The molecular formula is C22H19F2N3O3. The van der Waals surface area contributed by atoms with Gasteiger partial charge in [-0.2, -0.15) is 8.78 Å². The fourth-order valence-electron chi connectivity index (χ4n) is 2.22. The molecule has 4 rings (SSSR count). The van der Waals surface area contributed by atoms with Crippen LogP contribution in [-0.2, 0) is 6.50 Å². The van der Waals surface area contributed by atoms with Gasteiger partial charge in [-0.15, -0.1) is 0 Å². The van der Waals surface area contributed by atoms with Crippen LogP contribution >= 0.6 is 0 Å². The van der Waals surface area contributed by atoms with E-state index in [0.717, 1.165) is 12.4 Å². The van der Waals surface area contributed by atoms with E-state index in [9.17, 15) is 13.6 Å². The summed E-state index contributed by atoms with van der Waals surface area (Å²) in [6.45, 7) is -10.4. The highest BCUT2D eigenvalue weighted by molar-refractivity contribution is 5.98.